The number of ether oxygens (including phenoxy) is 2. The van der Waals surface area contributed by atoms with E-state index in [1.165, 1.54) is 26.2 Å². The fourth-order valence-corrected chi connectivity index (χ4v) is 1.54. The molecule has 0 unspecified atom stereocenters. The van der Waals surface area contributed by atoms with Crippen LogP contribution >= 0.6 is 0 Å². The van der Waals surface area contributed by atoms with Crippen LogP contribution in [-0.4, -0.2) is 43.2 Å². The molecule has 0 heterocycles. The number of non-ortho nitro benzene ring substituents is 1. The number of anilines is 1. The van der Waals surface area contributed by atoms with Crippen molar-refractivity contribution in [1.29, 1.82) is 0 Å². The smallest absolute Gasteiger partial charge is 0.341 e. The second-order valence-corrected chi connectivity index (χ2v) is 4.36. The van der Waals surface area contributed by atoms with E-state index in [0.717, 1.165) is 6.07 Å². The number of carbonyl (C=O) groups is 2. The van der Waals surface area contributed by atoms with Gasteiger partial charge < -0.3 is 20.5 Å². The second kappa shape index (κ2) is 7.93. The van der Waals surface area contributed by atoms with E-state index in [4.69, 9.17) is 15.2 Å². The number of nitro groups is 1. The molecule has 0 aromatic heterocycles. The first-order valence-electron chi connectivity index (χ1n) is 6.38. The molecule has 1 rings (SSSR count). The Morgan fingerprint density at radius 1 is 1.45 bits per heavy atom. The molecular formula is C13H17N3O6. The Morgan fingerprint density at radius 2 is 2.14 bits per heavy atom. The first kappa shape index (κ1) is 17.4. The number of methoxy groups -OCH3 is 1. The van der Waals surface area contributed by atoms with E-state index in [-0.39, 0.29) is 11.3 Å². The van der Waals surface area contributed by atoms with Crippen molar-refractivity contribution < 1.29 is 24.0 Å². The van der Waals surface area contributed by atoms with Gasteiger partial charge in [0.2, 0.25) is 0 Å². The summed E-state index contributed by atoms with van der Waals surface area (Å²) in [5.74, 6) is -1.69. The average molecular weight is 311 g/mol. The van der Waals surface area contributed by atoms with Crippen LogP contribution in [0.3, 0.4) is 0 Å². The Balaban J connectivity index is 3.04. The van der Waals surface area contributed by atoms with Gasteiger partial charge in [-0.25, -0.2) is 4.79 Å². The van der Waals surface area contributed by atoms with Gasteiger partial charge in [-0.15, -0.1) is 0 Å². The molecule has 0 fully saturated rings. The van der Waals surface area contributed by atoms with Crippen molar-refractivity contribution in [3.63, 3.8) is 0 Å². The SMILES string of the molecule is COCCNc1ccc([N+](=O)[O-])cc1C(=O)O[C@H](C)C(N)=O. The quantitative estimate of drug-likeness (QED) is 0.312. The highest BCUT2D eigenvalue weighted by Gasteiger charge is 2.21. The Bertz CT molecular complexity index is 575. The molecule has 1 amide bonds. The number of nitrogens with one attached hydrogen (secondary N) is 1. The van der Waals surface area contributed by atoms with E-state index in [9.17, 15) is 19.7 Å². The van der Waals surface area contributed by atoms with Crippen LogP contribution in [0.15, 0.2) is 18.2 Å². The molecule has 1 aromatic carbocycles. The van der Waals surface area contributed by atoms with Gasteiger partial charge in [-0.05, 0) is 13.0 Å². The van der Waals surface area contributed by atoms with Crippen molar-refractivity contribution in [2.45, 2.75) is 13.0 Å². The molecule has 0 bridgehead atoms. The van der Waals surface area contributed by atoms with Gasteiger partial charge in [0.1, 0.15) is 0 Å². The van der Waals surface area contributed by atoms with Gasteiger partial charge in [-0.3, -0.25) is 14.9 Å². The molecule has 1 atom stereocenters. The molecule has 9 heteroatoms. The standard InChI is InChI=1S/C13H17N3O6/c1-8(12(14)17)22-13(18)10-7-9(16(19)20)3-4-11(10)15-5-6-21-2/h3-4,7-8,15H,5-6H2,1-2H3,(H2,14,17)/t8-/m1/s1. The average Bonchev–Trinajstić information content (AvgIpc) is 2.47. The molecule has 120 valence electrons. The van der Waals surface area contributed by atoms with Crippen LogP contribution in [0.5, 0.6) is 0 Å². The van der Waals surface area contributed by atoms with Crippen LogP contribution in [-0.2, 0) is 14.3 Å². The van der Waals surface area contributed by atoms with Crippen LogP contribution in [0.1, 0.15) is 17.3 Å². The molecule has 3 N–H and O–H groups in total. The second-order valence-electron chi connectivity index (χ2n) is 4.36. The number of nitrogens with zero attached hydrogens (tertiary/aromatic N) is 1. The maximum atomic E-state index is 12.1. The lowest BCUT2D eigenvalue weighted by Crippen LogP contribution is -2.30. The minimum absolute atomic E-state index is 0.0570. The number of hydrogen-bond donors (Lipinski definition) is 2. The van der Waals surface area contributed by atoms with Crippen LogP contribution < -0.4 is 11.1 Å². The number of rotatable bonds is 8. The topological polar surface area (TPSA) is 134 Å². The van der Waals surface area contributed by atoms with Gasteiger partial charge in [0.15, 0.2) is 6.10 Å². The van der Waals surface area contributed by atoms with E-state index in [1.807, 2.05) is 0 Å². The third-order valence-electron chi connectivity index (χ3n) is 2.74. The summed E-state index contributed by atoms with van der Waals surface area (Å²) in [7, 11) is 1.52. The van der Waals surface area contributed by atoms with Crippen molar-refractivity contribution in [2.24, 2.45) is 5.73 Å². The third kappa shape index (κ3) is 4.70. The predicted molar refractivity (Wildman–Crippen MR) is 77.5 cm³/mol. The van der Waals surface area contributed by atoms with Gasteiger partial charge in [0, 0.05) is 31.5 Å². The summed E-state index contributed by atoms with van der Waals surface area (Å²) in [5.41, 5.74) is 5.03. The fraction of sp³-hybridized carbons (Fsp3) is 0.385. The van der Waals surface area contributed by atoms with E-state index in [0.29, 0.717) is 18.8 Å². The molecule has 0 saturated carbocycles. The summed E-state index contributed by atoms with van der Waals surface area (Å²) in [4.78, 5) is 33.2. The van der Waals surface area contributed by atoms with E-state index in [2.05, 4.69) is 5.32 Å². The molecule has 22 heavy (non-hydrogen) atoms. The number of nitro benzene ring substituents is 1. The molecule has 1 aromatic rings. The Morgan fingerprint density at radius 3 is 2.68 bits per heavy atom. The first-order valence-corrected chi connectivity index (χ1v) is 6.38. The molecule has 9 nitrogen and oxygen atoms in total. The zero-order chi connectivity index (χ0) is 16.7. The Hall–Kier alpha value is -2.68. The van der Waals surface area contributed by atoms with Crippen molar-refractivity contribution in [2.75, 3.05) is 25.6 Å². The maximum absolute atomic E-state index is 12.1. The lowest BCUT2D eigenvalue weighted by atomic mass is 10.1. The third-order valence-corrected chi connectivity index (χ3v) is 2.74. The summed E-state index contributed by atoms with van der Waals surface area (Å²) < 4.78 is 9.75. The van der Waals surface area contributed by atoms with Gasteiger partial charge in [0.05, 0.1) is 17.1 Å². The number of amides is 1. The lowest BCUT2D eigenvalue weighted by Gasteiger charge is -2.13. The van der Waals surface area contributed by atoms with E-state index < -0.39 is 22.9 Å². The Kier molecular flexibility index (Phi) is 6.26. The normalized spacial score (nSPS) is 11.5. The van der Waals surface area contributed by atoms with Crippen LogP contribution in [0, 0.1) is 10.1 Å². The number of benzene rings is 1. The van der Waals surface area contributed by atoms with Gasteiger partial charge in [-0.1, -0.05) is 0 Å². The molecule has 0 aliphatic carbocycles. The number of esters is 1. The first-order chi connectivity index (χ1) is 10.4. The summed E-state index contributed by atoms with van der Waals surface area (Å²) in [6.45, 7) is 2.08. The van der Waals surface area contributed by atoms with Crippen molar-refractivity contribution in [1.82, 2.24) is 0 Å². The van der Waals surface area contributed by atoms with Gasteiger partial charge in [-0.2, -0.15) is 0 Å². The van der Waals surface area contributed by atoms with Crippen LogP contribution in [0.2, 0.25) is 0 Å². The van der Waals surface area contributed by atoms with Crippen molar-refractivity contribution >= 4 is 23.3 Å². The number of nitrogens with two attached hydrogens (primary N) is 1. The zero-order valence-corrected chi connectivity index (χ0v) is 12.2. The minimum Gasteiger partial charge on any atom is -0.449 e. The summed E-state index contributed by atoms with van der Waals surface area (Å²) in [6.07, 6.45) is -1.14. The van der Waals surface area contributed by atoms with Gasteiger partial charge in [0.25, 0.3) is 11.6 Å². The van der Waals surface area contributed by atoms with Crippen molar-refractivity contribution in [3.05, 3.63) is 33.9 Å². The minimum atomic E-state index is -1.14. The van der Waals surface area contributed by atoms with E-state index in [1.54, 1.807) is 0 Å². The molecule has 0 radical (unpaired) electrons. The van der Waals surface area contributed by atoms with E-state index >= 15 is 0 Å². The number of hydrogen-bond acceptors (Lipinski definition) is 7. The zero-order valence-electron chi connectivity index (χ0n) is 12.2. The molecule has 0 aliphatic rings. The summed E-state index contributed by atoms with van der Waals surface area (Å²) in [6, 6.07) is 3.72. The molecule has 0 spiro atoms. The highest BCUT2D eigenvalue weighted by molar-refractivity contribution is 5.97. The Labute approximate surface area is 126 Å². The largest absolute Gasteiger partial charge is 0.449 e. The molecule has 0 saturated heterocycles. The highest BCUT2D eigenvalue weighted by Crippen LogP contribution is 2.23. The number of primary amides is 1. The highest BCUT2D eigenvalue weighted by atomic mass is 16.6. The predicted octanol–water partition coefficient (Wildman–Crippen LogP) is 0.684. The van der Waals surface area contributed by atoms with Crippen LogP contribution in [0.25, 0.3) is 0 Å². The van der Waals surface area contributed by atoms with Crippen LogP contribution in [0.4, 0.5) is 11.4 Å². The van der Waals surface area contributed by atoms with Crippen molar-refractivity contribution in [3.8, 4) is 0 Å². The summed E-state index contributed by atoms with van der Waals surface area (Å²) in [5, 5.41) is 13.7. The molecular weight excluding hydrogens is 294 g/mol. The number of carbonyl (C=O) groups excluding carboxylic acids is 2. The van der Waals surface area contributed by atoms with Gasteiger partial charge >= 0.3 is 5.97 Å². The monoisotopic (exact) mass is 311 g/mol. The maximum Gasteiger partial charge on any atom is 0.341 e. The lowest BCUT2D eigenvalue weighted by molar-refractivity contribution is -0.384. The summed E-state index contributed by atoms with van der Waals surface area (Å²) >= 11 is 0. The molecule has 0 aliphatic heterocycles. The fourth-order valence-electron chi connectivity index (χ4n) is 1.54.